The molecule has 1 heterocycles. The monoisotopic (exact) mass is 507 g/mol. The molecular formula is C17H26IN5O3S. The molecule has 150 valence electrons. The van der Waals surface area contributed by atoms with Crippen LogP contribution in [0.1, 0.15) is 29.8 Å². The zero-order valence-corrected chi connectivity index (χ0v) is 19.0. The second-order valence-electron chi connectivity index (χ2n) is 5.65. The van der Waals surface area contributed by atoms with Crippen molar-refractivity contribution in [3.05, 3.63) is 47.2 Å². The first-order valence-corrected chi connectivity index (χ1v) is 9.81. The second-order valence-corrected chi connectivity index (χ2v) is 7.54. The number of nitrogens with one attached hydrogen (secondary N) is 3. The van der Waals surface area contributed by atoms with Crippen LogP contribution < -0.4 is 15.4 Å². The third-order valence-electron chi connectivity index (χ3n) is 3.75. The van der Waals surface area contributed by atoms with Gasteiger partial charge in [0.1, 0.15) is 5.76 Å². The first-order valence-electron chi connectivity index (χ1n) is 8.33. The van der Waals surface area contributed by atoms with Gasteiger partial charge in [0.05, 0.1) is 23.7 Å². The van der Waals surface area contributed by atoms with Gasteiger partial charge in [-0.25, -0.2) is 23.1 Å². The molecule has 0 atom stereocenters. The number of sulfonamides is 1. The number of benzene rings is 1. The van der Waals surface area contributed by atoms with Crippen molar-refractivity contribution in [1.82, 2.24) is 20.3 Å². The van der Waals surface area contributed by atoms with E-state index < -0.39 is 10.0 Å². The van der Waals surface area contributed by atoms with Crippen molar-refractivity contribution in [2.45, 2.75) is 38.8 Å². The Morgan fingerprint density at radius 1 is 1.19 bits per heavy atom. The van der Waals surface area contributed by atoms with E-state index in [4.69, 9.17) is 4.42 Å². The molecule has 0 saturated heterocycles. The molecule has 0 spiro atoms. The molecule has 0 bridgehead atoms. The fraction of sp³-hybridized carbons (Fsp3) is 0.412. The summed E-state index contributed by atoms with van der Waals surface area (Å²) in [6, 6.07) is 6.63. The lowest BCUT2D eigenvalue weighted by atomic mass is 10.2. The van der Waals surface area contributed by atoms with Crippen molar-refractivity contribution in [1.29, 1.82) is 0 Å². The summed E-state index contributed by atoms with van der Waals surface area (Å²) in [5.74, 6) is 2.04. The minimum absolute atomic E-state index is 0. The van der Waals surface area contributed by atoms with Gasteiger partial charge >= 0.3 is 0 Å². The fourth-order valence-corrected chi connectivity index (χ4v) is 2.91. The Labute approximate surface area is 177 Å². The Kier molecular flexibility index (Phi) is 9.19. The van der Waals surface area contributed by atoms with Crippen LogP contribution in [0.25, 0.3) is 0 Å². The number of nitrogens with zero attached hydrogens (tertiary/aromatic N) is 2. The van der Waals surface area contributed by atoms with Gasteiger partial charge in [-0.15, -0.1) is 24.0 Å². The quantitative estimate of drug-likeness (QED) is 0.301. The van der Waals surface area contributed by atoms with Crippen LogP contribution in [0.2, 0.25) is 0 Å². The maximum atomic E-state index is 11.7. The molecule has 0 radical (unpaired) electrons. The van der Waals surface area contributed by atoms with E-state index in [1.54, 1.807) is 24.3 Å². The maximum Gasteiger partial charge on any atom is 0.240 e. The van der Waals surface area contributed by atoms with E-state index in [9.17, 15) is 8.42 Å². The van der Waals surface area contributed by atoms with Crippen LogP contribution >= 0.6 is 24.0 Å². The number of aromatic nitrogens is 1. The lowest BCUT2D eigenvalue weighted by molar-refractivity contribution is 0.463. The minimum atomic E-state index is -3.42. The third kappa shape index (κ3) is 6.78. The number of aliphatic imine (C=N–C) groups is 1. The average molecular weight is 507 g/mol. The molecule has 0 aliphatic heterocycles. The van der Waals surface area contributed by atoms with Crippen LogP contribution in [-0.2, 0) is 23.1 Å². The molecule has 1 aromatic carbocycles. The van der Waals surface area contributed by atoms with E-state index in [1.165, 1.54) is 7.05 Å². The van der Waals surface area contributed by atoms with Crippen LogP contribution in [-0.4, -0.2) is 33.0 Å². The van der Waals surface area contributed by atoms with Crippen molar-refractivity contribution in [2.75, 3.05) is 13.6 Å². The number of rotatable bonds is 7. The average Bonchev–Trinajstić information content (AvgIpc) is 2.95. The van der Waals surface area contributed by atoms with Gasteiger partial charge in [-0.05, 0) is 45.5 Å². The Morgan fingerprint density at radius 2 is 1.85 bits per heavy atom. The highest BCUT2D eigenvalue weighted by molar-refractivity contribution is 14.0. The lowest BCUT2D eigenvalue weighted by Gasteiger charge is -2.10. The van der Waals surface area contributed by atoms with Crippen molar-refractivity contribution in [2.24, 2.45) is 4.99 Å². The predicted octanol–water partition coefficient (Wildman–Crippen LogP) is 2.07. The molecule has 0 fully saturated rings. The minimum Gasteiger partial charge on any atom is -0.444 e. The van der Waals surface area contributed by atoms with E-state index in [2.05, 4.69) is 25.3 Å². The van der Waals surface area contributed by atoms with Gasteiger partial charge < -0.3 is 15.1 Å². The largest absolute Gasteiger partial charge is 0.444 e. The highest BCUT2D eigenvalue weighted by atomic mass is 127. The molecule has 8 nitrogen and oxygen atoms in total. The normalized spacial score (nSPS) is 11.8. The standard InChI is InChI=1S/C17H25N5O3S.HI/c1-5-19-17(21-11-16-22-12(2)13(3)25-16)20-10-14-6-8-15(9-7-14)26(23,24)18-4;/h6-9,18H,5,10-11H2,1-4H3,(H2,19,20,21);1H. The molecule has 0 aliphatic rings. The first kappa shape index (κ1) is 23.4. The van der Waals surface area contributed by atoms with E-state index in [0.717, 1.165) is 23.6 Å². The molecule has 1 aromatic heterocycles. The zero-order valence-electron chi connectivity index (χ0n) is 15.9. The Balaban J connectivity index is 0.00000364. The topological polar surface area (TPSA) is 109 Å². The summed E-state index contributed by atoms with van der Waals surface area (Å²) in [6.07, 6.45) is 0. The molecule has 0 unspecified atom stereocenters. The molecule has 0 aliphatic carbocycles. The molecule has 2 rings (SSSR count). The summed E-state index contributed by atoms with van der Waals surface area (Å²) >= 11 is 0. The number of hydrogen-bond donors (Lipinski definition) is 3. The summed E-state index contributed by atoms with van der Waals surface area (Å²) in [7, 11) is -2.04. The lowest BCUT2D eigenvalue weighted by Crippen LogP contribution is -2.36. The second kappa shape index (κ2) is 10.6. The summed E-state index contributed by atoms with van der Waals surface area (Å²) < 4.78 is 31.3. The molecule has 0 amide bonds. The number of guanidine groups is 1. The summed E-state index contributed by atoms with van der Waals surface area (Å²) in [5, 5.41) is 6.32. The maximum absolute atomic E-state index is 11.7. The summed E-state index contributed by atoms with van der Waals surface area (Å²) in [4.78, 5) is 9.06. The van der Waals surface area contributed by atoms with E-state index in [1.807, 2.05) is 20.8 Å². The number of oxazole rings is 1. The molecule has 0 saturated carbocycles. The Bertz CT molecular complexity index is 844. The van der Waals surface area contributed by atoms with Gasteiger partial charge in [0.15, 0.2) is 5.96 Å². The van der Waals surface area contributed by atoms with E-state index in [0.29, 0.717) is 24.9 Å². The van der Waals surface area contributed by atoms with Crippen molar-refractivity contribution in [3.63, 3.8) is 0 Å². The van der Waals surface area contributed by atoms with E-state index >= 15 is 0 Å². The molecule has 10 heteroatoms. The van der Waals surface area contributed by atoms with Crippen LogP contribution in [0.5, 0.6) is 0 Å². The SMILES string of the molecule is CCNC(=NCc1ccc(S(=O)(=O)NC)cc1)NCc1nc(C)c(C)o1.I. The van der Waals surface area contributed by atoms with Gasteiger partial charge in [0, 0.05) is 6.54 Å². The van der Waals surface area contributed by atoms with Gasteiger partial charge in [-0.2, -0.15) is 0 Å². The van der Waals surface area contributed by atoms with Crippen molar-refractivity contribution >= 4 is 40.0 Å². The number of aryl methyl sites for hydroxylation is 2. The van der Waals surface area contributed by atoms with E-state index in [-0.39, 0.29) is 28.9 Å². The van der Waals surface area contributed by atoms with Crippen molar-refractivity contribution < 1.29 is 12.8 Å². The summed E-state index contributed by atoms with van der Waals surface area (Å²) in [6.45, 7) is 7.32. The molecule has 2 aromatic rings. The Hall–Kier alpha value is -1.66. The number of halogens is 1. The first-order chi connectivity index (χ1) is 12.4. The van der Waals surface area contributed by atoms with Gasteiger partial charge in [0.2, 0.25) is 15.9 Å². The van der Waals surface area contributed by atoms with Crippen LogP contribution in [0.3, 0.4) is 0 Å². The third-order valence-corrected chi connectivity index (χ3v) is 5.18. The zero-order chi connectivity index (χ0) is 19.2. The highest BCUT2D eigenvalue weighted by Gasteiger charge is 2.10. The summed E-state index contributed by atoms with van der Waals surface area (Å²) in [5.41, 5.74) is 1.78. The Morgan fingerprint density at radius 3 is 2.37 bits per heavy atom. The molecule has 27 heavy (non-hydrogen) atoms. The van der Waals surface area contributed by atoms with Crippen LogP contribution in [0.4, 0.5) is 0 Å². The highest BCUT2D eigenvalue weighted by Crippen LogP contribution is 2.11. The van der Waals surface area contributed by atoms with Crippen molar-refractivity contribution in [3.8, 4) is 0 Å². The smallest absolute Gasteiger partial charge is 0.240 e. The van der Waals surface area contributed by atoms with Crippen LogP contribution in [0, 0.1) is 13.8 Å². The molecule has 3 N–H and O–H groups in total. The van der Waals surface area contributed by atoms with Gasteiger partial charge in [-0.1, -0.05) is 12.1 Å². The van der Waals surface area contributed by atoms with Crippen LogP contribution in [0.15, 0.2) is 38.6 Å². The van der Waals surface area contributed by atoms with Gasteiger partial charge in [-0.3, -0.25) is 0 Å². The predicted molar refractivity (Wildman–Crippen MR) is 116 cm³/mol. The molecular weight excluding hydrogens is 481 g/mol. The fourth-order valence-electron chi connectivity index (χ4n) is 2.18. The number of hydrogen-bond acceptors (Lipinski definition) is 5. The van der Waals surface area contributed by atoms with Gasteiger partial charge in [0.25, 0.3) is 0 Å².